The van der Waals surface area contributed by atoms with Gasteiger partial charge < -0.3 is 19.8 Å². The number of rotatable bonds is 2. The van der Waals surface area contributed by atoms with Gasteiger partial charge in [0.15, 0.2) is 11.5 Å². The second-order valence-electron chi connectivity index (χ2n) is 5.41. The summed E-state index contributed by atoms with van der Waals surface area (Å²) < 4.78 is 11.2. The number of methoxy groups -OCH3 is 2. The molecule has 2 aromatic rings. The fraction of sp³-hybridized carbons (Fsp3) is 0.375. The van der Waals surface area contributed by atoms with Crippen LogP contribution in [-0.2, 0) is 12.8 Å². The molecule has 0 bridgehead atoms. The van der Waals surface area contributed by atoms with Gasteiger partial charge in [0, 0.05) is 29.6 Å². The number of H-pyrrole nitrogens is 1. The highest BCUT2D eigenvalue weighted by molar-refractivity contribution is 5.83. The lowest BCUT2D eigenvalue weighted by Gasteiger charge is -2.34. The molecule has 0 saturated carbocycles. The van der Waals surface area contributed by atoms with Gasteiger partial charge in [0.05, 0.1) is 14.2 Å². The van der Waals surface area contributed by atoms with Crippen molar-refractivity contribution in [2.75, 3.05) is 20.8 Å². The van der Waals surface area contributed by atoms with E-state index in [1.54, 1.807) is 14.2 Å². The van der Waals surface area contributed by atoms with Gasteiger partial charge >= 0.3 is 0 Å². The van der Waals surface area contributed by atoms with Crippen molar-refractivity contribution < 1.29 is 9.47 Å². The molecular formula is C16H18N2O2. The summed E-state index contributed by atoms with van der Waals surface area (Å²) in [5.41, 5.74) is 6.56. The van der Waals surface area contributed by atoms with Gasteiger partial charge in [-0.1, -0.05) is 0 Å². The number of hydrogen-bond donors (Lipinski definition) is 2. The summed E-state index contributed by atoms with van der Waals surface area (Å²) in [6.45, 7) is 1.02. The van der Waals surface area contributed by atoms with E-state index in [0.717, 1.165) is 30.9 Å². The molecule has 1 aliphatic heterocycles. The minimum Gasteiger partial charge on any atom is -0.493 e. The van der Waals surface area contributed by atoms with Gasteiger partial charge in [-0.3, -0.25) is 0 Å². The summed E-state index contributed by atoms with van der Waals surface area (Å²) in [7, 11) is 3.42. The Labute approximate surface area is 118 Å². The molecule has 0 saturated heterocycles. The van der Waals surface area contributed by atoms with Crippen LogP contribution in [0, 0.1) is 0 Å². The van der Waals surface area contributed by atoms with Crippen LogP contribution in [0.15, 0.2) is 18.5 Å². The molecule has 1 aliphatic carbocycles. The van der Waals surface area contributed by atoms with E-state index in [2.05, 4.69) is 28.8 Å². The Morgan fingerprint density at radius 1 is 1.15 bits per heavy atom. The average Bonchev–Trinajstić information content (AvgIpc) is 2.95. The van der Waals surface area contributed by atoms with E-state index in [-0.39, 0.29) is 0 Å². The van der Waals surface area contributed by atoms with E-state index >= 15 is 0 Å². The number of benzene rings is 1. The van der Waals surface area contributed by atoms with Crippen molar-refractivity contribution in [3.63, 3.8) is 0 Å². The Hall–Kier alpha value is -1.94. The second-order valence-corrected chi connectivity index (χ2v) is 5.41. The fourth-order valence-corrected chi connectivity index (χ4v) is 3.61. The number of fused-ring (bicyclic) bond motifs is 2. The number of aromatic amines is 1. The lowest BCUT2D eigenvalue weighted by molar-refractivity contribution is 0.353. The minimum atomic E-state index is 0.386. The predicted octanol–water partition coefficient (Wildman–Crippen LogP) is 2.44. The van der Waals surface area contributed by atoms with E-state index in [4.69, 9.17) is 9.47 Å². The highest BCUT2D eigenvalue weighted by atomic mass is 16.5. The number of hydrogen-bond acceptors (Lipinski definition) is 3. The molecule has 2 aliphatic rings. The molecule has 1 aromatic carbocycles. The first-order chi connectivity index (χ1) is 9.83. The van der Waals surface area contributed by atoms with Gasteiger partial charge in [-0.2, -0.15) is 0 Å². The summed E-state index contributed by atoms with van der Waals surface area (Å²) in [6, 6.07) is 2.53. The zero-order valence-corrected chi connectivity index (χ0v) is 11.7. The van der Waals surface area contributed by atoms with Crippen LogP contribution in [0.4, 0.5) is 0 Å². The Kier molecular flexibility index (Phi) is 2.54. The highest BCUT2D eigenvalue weighted by Gasteiger charge is 2.33. The SMILES string of the molecule is COc1cc2c3c(c1OC)-c1c[nH]cc1CC3NCC2. The zero-order chi connectivity index (χ0) is 13.7. The second kappa shape index (κ2) is 4.28. The van der Waals surface area contributed by atoms with Gasteiger partial charge in [-0.05, 0) is 42.1 Å². The molecule has 104 valence electrons. The van der Waals surface area contributed by atoms with Crippen LogP contribution in [0.1, 0.15) is 22.7 Å². The third-order valence-corrected chi connectivity index (χ3v) is 4.45. The zero-order valence-electron chi connectivity index (χ0n) is 11.7. The maximum atomic E-state index is 5.67. The van der Waals surface area contributed by atoms with E-state index in [9.17, 15) is 0 Å². The molecule has 2 N–H and O–H groups in total. The van der Waals surface area contributed by atoms with Gasteiger partial charge in [-0.15, -0.1) is 0 Å². The summed E-state index contributed by atoms with van der Waals surface area (Å²) in [6.07, 6.45) is 6.23. The first-order valence-corrected chi connectivity index (χ1v) is 7.00. The standard InChI is InChI=1S/C16H18N2O2/c1-19-13-6-9-3-4-18-12-5-10-7-17-8-11(10)15(14(9)12)16(13)20-2/h6-8,12,17-18H,3-5H2,1-2H3. The molecule has 0 spiro atoms. The monoisotopic (exact) mass is 270 g/mol. The van der Waals surface area contributed by atoms with Crippen LogP contribution in [0.2, 0.25) is 0 Å². The van der Waals surface area contributed by atoms with Crippen molar-refractivity contribution in [3.8, 4) is 22.6 Å². The molecule has 0 fully saturated rings. The van der Waals surface area contributed by atoms with Crippen LogP contribution in [-0.4, -0.2) is 25.7 Å². The van der Waals surface area contributed by atoms with Crippen LogP contribution in [0.25, 0.3) is 11.1 Å². The molecule has 4 nitrogen and oxygen atoms in total. The Balaban J connectivity index is 2.08. The molecule has 1 atom stereocenters. The molecule has 1 unspecified atom stereocenters. The fourth-order valence-electron chi connectivity index (χ4n) is 3.61. The Morgan fingerprint density at radius 2 is 2.05 bits per heavy atom. The summed E-state index contributed by atoms with van der Waals surface area (Å²) in [5, 5.41) is 3.63. The van der Waals surface area contributed by atoms with E-state index in [1.807, 2.05) is 0 Å². The van der Waals surface area contributed by atoms with Gasteiger partial charge in [-0.25, -0.2) is 0 Å². The molecule has 4 rings (SSSR count). The molecular weight excluding hydrogens is 252 g/mol. The lowest BCUT2D eigenvalue weighted by Crippen LogP contribution is -2.33. The topological polar surface area (TPSA) is 46.3 Å². The maximum absolute atomic E-state index is 5.67. The predicted molar refractivity (Wildman–Crippen MR) is 77.5 cm³/mol. The average molecular weight is 270 g/mol. The largest absolute Gasteiger partial charge is 0.493 e. The third kappa shape index (κ3) is 1.45. The van der Waals surface area contributed by atoms with Crippen LogP contribution >= 0.6 is 0 Å². The van der Waals surface area contributed by atoms with Crippen LogP contribution in [0.3, 0.4) is 0 Å². The first-order valence-electron chi connectivity index (χ1n) is 7.00. The highest BCUT2D eigenvalue weighted by Crippen LogP contribution is 2.50. The van der Waals surface area contributed by atoms with E-state index in [0.29, 0.717) is 6.04 Å². The normalized spacial score (nSPS) is 19.2. The number of ether oxygens (including phenoxy) is 2. The third-order valence-electron chi connectivity index (χ3n) is 4.45. The van der Waals surface area contributed by atoms with Crippen LogP contribution in [0.5, 0.6) is 11.5 Å². The Morgan fingerprint density at radius 3 is 2.85 bits per heavy atom. The Bertz CT molecular complexity index is 675. The molecule has 4 heteroatoms. The van der Waals surface area contributed by atoms with Crippen LogP contribution < -0.4 is 14.8 Å². The summed E-state index contributed by atoms with van der Waals surface area (Å²) in [5.74, 6) is 1.68. The smallest absolute Gasteiger partial charge is 0.168 e. The van der Waals surface area contributed by atoms with Crippen molar-refractivity contribution >= 4 is 0 Å². The van der Waals surface area contributed by atoms with Crippen molar-refractivity contribution in [3.05, 3.63) is 35.2 Å². The van der Waals surface area contributed by atoms with Crippen molar-refractivity contribution in [2.45, 2.75) is 18.9 Å². The molecule has 0 radical (unpaired) electrons. The van der Waals surface area contributed by atoms with Crippen molar-refractivity contribution in [1.29, 1.82) is 0 Å². The molecule has 20 heavy (non-hydrogen) atoms. The van der Waals surface area contributed by atoms with Crippen molar-refractivity contribution in [2.24, 2.45) is 0 Å². The molecule has 2 heterocycles. The molecule has 1 aromatic heterocycles. The van der Waals surface area contributed by atoms with Gasteiger partial charge in [0.1, 0.15) is 0 Å². The number of nitrogens with one attached hydrogen (secondary N) is 2. The number of aromatic nitrogens is 1. The van der Waals surface area contributed by atoms with E-state index < -0.39 is 0 Å². The van der Waals surface area contributed by atoms with Gasteiger partial charge in [0.25, 0.3) is 0 Å². The van der Waals surface area contributed by atoms with Crippen molar-refractivity contribution in [1.82, 2.24) is 10.3 Å². The lowest BCUT2D eigenvalue weighted by atomic mass is 9.79. The minimum absolute atomic E-state index is 0.386. The quantitative estimate of drug-likeness (QED) is 0.881. The first kappa shape index (κ1) is 11.9. The maximum Gasteiger partial charge on any atom is 0.168 e. The molecule has 0 amide bonds. The van der Waals surface area contributed by atoms with Gasteiger partial charge in [0.2, 0.25) is 0 Å². The summed E-state index contributed by atoms with van der Waals surface area (Å²) >= 11 is 0. The van der Waals surface area contributed by atoms with E-state index in [1.165, 1.54) is 27.8 Å². The summed E-state index contributed by atoms with van der Waals surface area (Å²) in [4.78, 5) is 3.23.